The van der Waals surface area contributed by atoms with E-state index in [0.29, 0.717) is 50.2 Å². The van der Waals surface area contributed by atoms with Crippen LogP contribution in [0.2, 0.25) is 0 Å². The first-order valence-corrected chi connectivity index (χ1v) is 13.1. The number of rotatable bonds is 10. The molecule has 7 heteroatoms. The van der Waals surface area contributed by atoms with Gasteiger partial charge >= 0.3 is 0 Å². The zero-order chi connectivity index (χ0) is 24.7. The molecule has 7 nitrogen and oxygen atoms in total. The third-order valence-corrected chi connectivity index (χ3v) is 7.42. The van der Waals surface area contributed by atoms with Crippen LogP contribution < -0.4 is 5.32 Å². The first-order chi connectivity index (χ1) is 15.5. The summed E-state index contributed by atoms with van der Waals surface area (Å²) in [6.45, 7) is 15.3. The van der Waals surface area contributed by atoms with Crippen LogP contribution in [0.5, 0.6) is 0 Å². The molecule has 2 fully saturated rings. The fraction of sp³-hybridized carbons (Fsp3) is 0.885. The maximum atomic E-state index is 13.6. The monoisotopic (exact) mass is 464 g/mol. The van der Waals surface area contributed by atoms with Crippen LogP contribution in [0.1, 0.15) is 80.1 Å². The molecule has 2 aliphatic heterocycles. The summed E-state index contributed by atoms with van der Waals surface area (Å²) in [7, 11) is 1.89. The van der Waals surface area contributed by atoms with Gasteiger partial charge in [0.05, 0.1) is 6.04 Å². The van der Waals surface area contributed by atoms with E-state index in [4.69, 9.17) is 0 Å². The molecule has 1 unspecified atom stereocenters. The van der Waals surface area contributed by atoms with E-state index in [0.717, 1.165) is 32.2 Å². The number of nitrogens with one attached hydrogen (secondary N) is 1. The van der Waals surface area contributed by atoms with Gasteiger partial charge in [-0.3, -0.25) is 14.4 Å². The van der Waals surface area contributed by atoms with E-state index in [9.17, 15) is 14.4 Å². The molecule has 2 saturated heterocycles. The topological polar surface area (TPSA) is 73.0 Å². The minimum atomic E-state index is -0.385. The normalized spacial score (nSPS) is 22.1. The van der Waals surface area contributed by atoms with Crippen molar-refractivity contribution < 1.29 is 14.4 Å². The molecule has 0 aromatic rings. The number of nitrogens with zero attached hydrogens (tertiary/aromatic N) is 3. The third kappa shape index (κ3) is 7.69. The first-order valence-electron chi connectivity index (χ1n) is 13.1. The maximum Gasteiger partial charge on any atom is 0.245 e. The quantitative estimate of drug-likeness (QED) is 0.539. The summed E-state index contributed by atoms with van der Waals surface area (Å²) in [5, 5.41) is 3.35. The van der Waals surface area contributed by atoms with Crippen molar-refractivity contribution >= 4 is 17.7 Å². The lowest BCUT2D eigenvalue weighted by Crippen LogP contribution is -2.62. The molecule has 3 atom stereocenters. The second kappa shape index (κ2) is 12.7. The number of hydrogen-bond donors (Lipinski definition) is 1. The Labute approximate surface area is 201 Å². The van der Waals surface area contributed by atoms with Crippen molar-refractivity contribution in [1.29, 1.82) is 0 Å². The number of piperidine rings is 1. The molecule has 0 bridgehead atoms. The summed E-state index contributed by atoms with van der Waals surface area (Å²) in [6, 6.07) is -0.323. The fourth-order valence-corrected chi connectivity index (χ4v) is 5.01. The fourth-order valence-electron chi connectivity index (χ4n) is 5.01. The molecule has 2 rings (SSSR count). The predicted octanol–water partition coefficient (Wildman–Crippen LogP) is 3.13. The second-order valence-corrected chi connectivity index (χ2v) is 11.0. The summed E-state index contributed by atoms with van der Waals surface area (Å²) < 4.78 is 0. The van der Waals surface area contributed by atoms with Crippen LogP contribution >= 0.6 is 0 Å². The van der Waals surface area contributed by atoms with Crippen molar-refractivity contribution in [2.45, 2.75) is 98.2 Å². The molecule has 0 spiro atoms. The minimum Gasteiger partial charge on any atom is -0.343 e. The predicted molar refractivity (Wildman–Crippen MR) is 133 cm³/mol. The second-order valence-electron chi connectivity index (χ2n) is 11.0. The van der Waals surface area contributed by atoms with E-state index in [1.165, 1.54) is 0 Å². The number of piperazine rings is 1. The van der Waals surface area contributed by atoms with Crippen molar-refractivity contribution in [2.24, 2.45) is 17.8 Å². The SMILES string of the molecule is CCC(C)N(C)C(=O)CC1CCN(C(=O)[C@H](CC(C)C)N2CCN[C@@H](CC(C)C)C2=O)CC1. The molecule has 3 amide bonds. The molecule has 1 N–H and O–H groups in total. The first kappa shape index (κ1) is 27.6. The molecule has 0 saturated carbocycles. The van der Waals surface area contributed by atoms with Crippen LogP contribution in [-0.2, 0) is 14.4 Å². The highest BCUT2D eigenvalue weighted by Crippen LogP contribution is 2.25. The Balaban J connectivity index is 2.00. The molecule has 2 aliphatic rings. The van der Waals surface area contributed by atoms with Crippen molar-refractivity contribution in [1.82, 2.24) is 20.0 Å². The highest BCUT2D eigenvalue weighted by atomic mass is 16.2. The molecule has 0 aromatic carbocycles. The number of carbonyl (C=O) groups excluding carboxylic acids is 3. The largest absolute Gasteiger partial charge is 0.343 e. The van der Waals surface area contributed by atoms with Crippen molar-refractivity contribution in [3.8, 4) is 0 Å². The maximum absolute atomic E-state index is 13.6. The van der Waals surface area contributed by atoms with Gasteiger partial charge in [0.2, 0.25) is 17.7 Å². The number of likely N-dealkylation sites (tertiary alicyclic amines) is 1. The Morgan fingerprint density at radius 3 is 2.24 bits per heavy atom. The van der Waals surface area contributed by atoms with E-state index < -0.39 is 0 Å². The lowest BCUT2D eigenvalue weighted by molar-refractivity contribution is -0.150. The molecule has 0 aromatic heterocycles. The molecule has 33 heavy (non-hydrogen) atoms. The van der Waals surface area contributed by atoms with Crippen LogP contribution in [0, 0.1) is 17.8 Å². The summed E-state index contributed by atoms with van der Waals surface area (Å²) in [5.41, 5.74) is 0. The molecule has 190 valence electrons. The Kier molecular flexibility index (Phi) is 10.6. The van der Waals surface area contributed by atoms with E-state index in [1.807, 2.05) is 21.7 Å². The Bertz CT molecular complexity index is 658. The summed E-state index contributed by atoms with van der Waals surface area (Å²) in [5.74, 6) is 1.44. The summed E-state index contributed by atoms with van der Waals surface area (Å²) in [6.07, 6.45) is 4.71. The van der Waals surface area contributed by atoms with Crippen molar-refractivity contribution in [3.05, 3.63) is 0 Å². The molecular weight excluding hydrogens is 416 g/mol. The van der Waals surface area contributed by atoms with E-state index in [1.54, 1.807) is 0 Å². The highest BCUT2D eigenvalue weighted by Gasteiger charge is 2.39. The van der Waals surface area contributed by atoms with Gasteiger partial charge in [0, 0.05) is 45.7 Å². The van der Waals surface area contributed by atoms with Crippen LogP contribution in [0.3, 0.4) is 0 Å². The van der Waals surface area contributed by atoms with Crippen LogP contribution in [0.25, 0.3) is 0 Å². The number of amides is 3. The molecular formula is C26H48N4O3. The van der Waals surface area contributed by atoms with Gasteiger partial charge in [-0.2, -0.15) is 0 Å². The standard InChI is InChI=1S/C26H48N4O3/c1-8-20(6)28(7)24(31)17-21-9-12-29(13-10-21)26(33)23(16-19(4)5)30-14-11-27-22(25(30)32)15-18(2)3/h18-23,27H,8-17H2,1-7H3/t20?,22-,23-/m0/s1. The van der Waals surface area contributed by atoms with Gasteiger partial charge in [0.1, 0.15) is 6.04 Å². The highest BCUT2D eigenvalue weighted by molar-refractivity contribution is 5.90. The zero-order valence-electron chi connectivity index (χ0n) is 22.1. The molecule has 0 radical (unpaired) electrons. The lowest BCUT2D eigenvalue weighted by Gasteiger charge is -2.42. The van der Waals surface area contributed by atoms with E-state index in [-0.39, 0.29) is 35.8 Å². The smallest absolute Gasteiger partial charge is 0.245 e. The average Bonchev–Trinajstić information content (AvgIpc) is 2.77. The summed E-state index contributed by atoms with van der Waals surface area (Å²) in [4.78, 5) is 45.1. The van der Waals surface area contributed by atoms with Gasteiger partial charge in [0.25, 0.3) is 0 Å². The summed E-state index contributed by atoms with van der Waals surface area (Å²) >= 11 is 0. The average molecular weight is 465 g/mol. The van der Waals surface area contributed by atoms with Gasteiger partial charge in [-0.25, -0.2) is 0 Å². The van der Waals surface area contributed by atoms with Gasteiger partial charge in [-0.15, -0.1) is 0 Å². The van der Waals surface area contributed by atoms with Gasteiger partial charge < -0.3 is 20.0 Å². The van der Waals surface area contributed by atoms with Crippen LogP contribution in [0.15, 0.2) is 0 Å². The zero-order valence-corrected chi connectivity index (χ0v) is 22.1. The van der Waals surface area contributed by atoms with Crippen molar-refractivity contribution in [2.75, 3.05) is 33.2 Å². The van der Waals surface area contributed by atoms with E-state index >= 15 is 0 Å². The van der Waals surface area contributed by atoms with Gasteiger partial charge in [0.15, 0.2) is 0 Å². The van der Waals surface area contributed by atoms with Gasteiger partial charge in [-0.05, 0) is 56.8 Å². The Hall–Kier alpha value is -1.63. The molecule has 0 aliphatic carbocycles. The van der Waals surface area contributed by atoms with Crippen LogP contribution in [0.4, 0.5) is 0 Å². The lowest BCUT2D eigenvalue weighted by atomic mass is 9.91. The Morgan fingerprint density at radius 1 is 1.06 bits per heavy atom. The van der Waals surface area contributed by atoms with Crippen LogP contribution in [-0.4, -0.2) is 83.8 Å². The Morgan fingerprint density at radius 2 is 1.70 bits per heavy atom. The number of hydrogen-bond acceptors (Lipinski definition) is 4. The van der Waals surface area contributed by atoms with Crippen molar-refractivity contribution in [3.63, 3.8) is 0 Å². The number of carbonyl (C=O) groups is 3. The van der Waals surface area contributed by atoms with E-state index in [2.05, 4.69) is 46.9 Å². The minimum absolute atomic E-state index is 0.0718. The van der Waals surface area contributed by atoms with Gasteiger partial charge in [-0.1, -0.05) is 34.6 Å². The molecule has 2 heterocycles. The third-order valence-electron chi connectivity index (χ3n) is 7.42.